The Morgan fingerprint density at radius 2 is 2.29 bits per heavy atom. The first kappa shape index (κ1) is 13.9. The first-order valence-electron chi connectivity index (χ1n) is 7.00. The van der Waals surface area contributed by atoms with Crippen molar-refractivity contribution >= 4 is 21.4 Å². The molecule has 3 rings (SSSR count). The molecule has 7 heteroatoms. The fraction of sp³-hybridized carbons (Fsp3) is 0.357. The lowest BCUT2D eigenvalue weighted by Gasteiger charge is -2.21. The third kappa shape index (κ3) is 2.73. The Hall–Kier alpha value is -2.02. The van der Waals surface area contributed by atoms with E-state index in [0.29, 0.717) is 12.2 Å². The largest absolute Gasteiger partial charge is 0.383 e. The van der Waals surface area contributed by atoms with Gasteiger partial charge in [0.05, 0.1) is 17.7 Å². The lowest BCUT2D eigenvalue weighted by Crippen LogP contribution is -2.18. The van der Waals surface area contributed by atoms with Crippen LogP contribution in [-0.2, 0) is 23.0 Å². The summed E-state index contributed by atoms with van der Waals surface area (Å²) in [5.41, 5.74) is 2.60. The maximum atomic E-state index is 12.4. The number of fused-ring (bicyclic) bond motifs is 1. The molecule has 6 nitrogen and oxygen atoms in total. The zero-order valence-corrected chi connectivity index (χ0v) is 12.7. The Balaban J connectivity index is 1.92. The molecule has 0 fully saturated rings. The van der Waals surface area contributed by atoms with Gasteiger partial charge in [0.15, 0.2) is 5.03 Å². The van der Waals surface area contributed by atoms with Gasteiger partial charge in [-0.2, -0.15) is 8.42 Å². The van der Waals surface area contributed by atoms with Crippen LogP contribution in [0.15, 0.2) is 35.7 Å². The molecule has 112 valence electrons. The van der Waals surface area contributed by atoms with Crippen LogP contribution in [-0.4, -0.2) is 24.5 Å². The predicted molar refractivity (Wildman–Crippen MR) is 82.0 cm³/mol. The number of para-hydroxylation sites is 1. The number of aryl methyl sites for hydroxylation is 2. The van der Waals surface area contributed by atoms with E-state index >= 15 is 0 Å². The van der Waals surface area contributed by atoms with E-state index < -0.39 is 10.0 Å². The highest BCUT2D eigenvalue weighted by Gasteiger charge is 2.20. The highest BCUT2D eigenvalue weighted by atomic mass is 32.2. The minimum Gasteiger partial charge on any atom is -0.383 e. The molecule has 0 amide bonds. The van der Waals surface area contributed by atoms with Gasteiger partial charge in [-0.1, -0.05) is 12.1 Å². The fourth-order valence-electron chi connectivity index (χ4n) is 2.44. The molecule has 1 aromatic heterocycles. The molecule has 1 aliphatic rings. The number of nitrogens with one attached hydrogen (secondary N) is 2. The van der Waals surface area contributed by atoms with Crippen molar-refractivity contribution in [3.8, 4) is 0 Å². The van der Waals surface area contributed by atoms with Gasteiger partial charge in [-0.15, -0.1) is 0 Å². The van der Waals surface area contributed by atoms with E-state index in [-0.39, 0.29) is 5.03 Å². The first-order chi connectivity index (χ1) is 10.1. The Bertz CT molecular complexity index is 752. The molecule has 0 spiro atoms. The van der Waals surface area contributed by atoms with Crippen LogP contribution in [0.25, 0.3) is 0 Å². The highest BCUT2D eigenvalue weighted by molar-refractivity contribution is 7.92. The van der Waals surface area contributed by atoms with Crippen molar-refractivity contribution in [2.75, 3.05) is 16.6 Å². The van der Waals surface area contributed by atoms with E-state index in [2.05, 4.69) is 15.0 Å². The molecule has 0 saturated carbocycles. The van der Waals surface area contributed by atoms with Gasteiger partial charge in [0, 0.05) is 19.3 Å². The summed E-state index contributed by atoms with van der Waals surface area (Å²) in [5, 5.41) is 3.31. The monoisotopic (exact) mass is 306 g/mol. The van der Waals surface area contributed by atoms with Crippen molar-refractivity contribution in [3.63, 3.8) is 0 Å². The molecule has 1 aromatic carbocycles. The number of imidazole rings is 1. The van der Waals surface area contributed by atoms with E-state index in [9.17, 15) is 8.42 Å². The molecule has 2 heterocycles. The Morgan fingerprint density at radius 1 is 1.43 bits per heavy atom. The zero-order chi connectivity index (χ0) is 14.9. The third-order valence-corrected chi connectivity index (χ3v) is 4.82. The molecular weight excluding hydrogens is 288 g/mol. The summed E-state index contributed by atoms with van der Waals surface area (Å²) in [6, 6.07) is 5.66. The van der Waals surface area contributed by atoms with Crippen LogP contribution in [0, 0.1) is 0 Å². The van der Waals surface area contributed by atoms with Crippen molar-refractivity contribution < 1.29 is 8.42 Å². The van der Waals surface area contributed by atoms with Crippen LogP contribution < -0.4 is 10.0 Å². The molecule has 0 atom stereocenters. The van der Waals surface area contributed by atoms with E-state index in [4.69, 9.17) is 0 Å². The van der Waals surface area contributed by atoms with Crippen molar-refractivity contribution in [1.82, 2.24) is 9.55 Å². The smallest absolute Gasteiger partial charge is 0.281 e. The van der Waals surface area contributed by atoms with Gasteiger partial charge in [0.25, 0.3) is 10.0 Å². The summed E-state index contributed by atoms with van der Waals surface area (Å²) in [4.78, 5) is 3.96. The van der Waals surface area contributed by atoms with E-state index in [0.717, 1.165) is 30.6 Å². The van der Waals surface area contributed by atoms with Gasteiger partial charge in [-0.3, -0.25) is 4.72 Å². The SMILES string of the molecule is CCn1cnc(S(=O)(=O)Nc2cccc3c2NCCC3)c1. The molecule has 2 N–H and O–H groups in total. The molecule has 0 unspecified atom stereocenters. The lowest BCUT2D eigenvalue weighted by atomic mass is 10.0. The van der Waals surface area contributed by atoms with E-state index in [1.807, 2.05) is 19.1 Å². The Kier molecular flexibility index (Phi) is 3.59. The standard InChI is InChI=1S/C14H18N4O2S/c1-2-18-9-13(16-10-18)21(19,20)17-12-7-3-5-11-6-4-8-15-14(11)12/h3,5,7,9-10,15,17H,2,4,6,8H2,1H3. The molecule has 1 aliphatic heterocycles. The molecule has 21 heavy (non-hydrogen) atoms. The number of nitrogens with zero attached hydrogens (tertiary/aromatic N) is 2. The zero-order valence-electron chi connectivity index (χ0n) is 11.8. The second kappa shape index (κ2) is 5.40. The molecule has 0 aliphatic carbocycles. The number of benzene rings is 1. The summed E-state index contributed by atoms with van der Waals surface area (Å²) in [6.45, 7) is 3.48. The van der Waals surface area contributed by atoms with Gasteiger partial charge in [0.2, 0.25) is 0 Å². The average molecular weight is 306 g/mol. The summed E-state index contributed by atoms with van der Waals surface area (Å²) in [7, 11) is -3.66. The maximum Gasteiger partial charge on any atom is 0.281 e. The number of aromatic nitrogens is 2. The van der Waals surface area contributed by atoms with Crippen LogP contribution in [0.5, 0.6) is 0 Å². The van der Waals surface area contributed by atoms with E-state index in [1.165, 1.54) is 12.5 Å². The Morgan fingerprint density at radius 3 is 3.05 bits per heavy atom. The van der Waals surface area contributed by atoms with Gasteiger partial charge < -0.3 is 9.88 Å². The third-order valence-electron chi connectivity index (χ3n) is 3.57. The van der Waals surface area contributed by atoms with E-state index in [1.54, 1.807) is 10.6 Å². The normalized spacial score (nSPS) is 14.3. The van der Waals surface area contributed by atoms with Crippen LogP contribution in [0.3, 0.4) is 0 Å². The second-order valence-electron chi connectivity index (χ2n) is 5.02. The molecule has 0 bridgehead atoms. The van der Waals surface area contributed by atoms with Gasteiger partial charge in [-0.25, -0.2) is 4.98 Å². The van der Waals surface area contributed by atoms with Gasteiger partial charge in [-0.05, 0) is 31.4 Å². The fourth-order valence-corrected chi connectivity index (χ4v) is 3.47. The maximum absolute atomic E-state index is 12.4. The molecular formula is C14H18N4O2S. The van der Waals surface area contributed by atoms with Crippen LogP contribution in [0.4, 0.5) is 11.4 Å². The van der Waals surface area contributed by atoms with Crippen LogP contribution in [0.2, 0.25) is 0 Å². The average Bonchev–Trinajstić information content (AvgIpc) is 2.97. The van der Waals surface area contributed by atoms with Crippen molar-refractivity contribution in [2.45, 2.75) is 31.3 Å². The summed E-state index contributed by atoms with van der Waals surface area (Å²) >= 11 is 0. The Labute approximate surface area is 124 Å². The number of hydrogen-bond acceptors (Lipinski definition) is 4. The number of anilines is 2. The molecule has 0 saturated heterocycles. The highest BCUT2D eigenvalue weighted by Crippen LogP contribution is 2.31. The minimum absolute atomic E-state index is 0.0396. The van der Waals surface area contributed by atoms with Crippen LogP contribution in [0.1, 0.15) is 18.9 Å². The second-order valence-corrected chi connectivity index (χ2v) is 6.65. The summed E-state index contributed by atoms with van der Waals surface area (Å²) in [6.07, 6.45) is 5.07. The number of rotatable bonds is 4. The summed E-state index contributed by atoms with van der Waals surface area (Å²) in [5.74, 6) is 0. The minimum atomic E-state index is -3.66. The number of sulfonamides is 1. The van der Waals surface area contributed by atoms with Crippen molar-refractivity contribution in [1.29, 1.82) is 0 Å². The van der Waals surface area contributed by atoms with Crippen LogP contribution >= 0.6 is 0 Å². The van der Waals surface area contributed by atoms with Crippen molar-refractivity contribution in [3.05, 3.63) is 36.3 Å². The van der Waals surface area contributed by atoms with Crippen molar-refractivity contribution in [2.24, 2.45) is 0 Å². The first-order valence-corrected chi connectivity index (χ1v) is 8.49. The number of hydrogen-bond donors (Lipinski definition) is 2. The summed E-state index contributed by atoms with van der Waals surface area (Å²) < 4.78 is 29.2. The molecule has 0 radical (unpaired) electrons. The van der Waals surface area contributed by atoms with Gasteiger partial charge >= 0.3 is 0 Å². The molecule has 2 aromatic rings. The topological polar surface area (TPSA) is 76.0 Å². The predicted octanol–water partition coefficient (Wildman–Crippen LogP) is 2.06. The van der Waals surface area contributed by atoms with Gasteiger partial charge in [0.1, 0.15) is 0 Å². The quantitative estimate of drug-likeness (QED) is 0.906. The lowest BCUT2D eigenvalue weighted by molar-refractivity contribution is 0.598.